The first-order chi connectivity index (χ1) is 14.7. The highest BCUT2D eigenvalue weighted by atomic mass is 35.5. The molecule has 0 aliphatic heterocycles. The zero-order valence-electron chi connectivity index (χ0n) is 15.6. The van der Waals surface area contributed by atoms with E-state index in [1.54, 1.807) is 0 Å². The fourth-order valence-corrected chi connectivity index (χ4v) is 3.26. The first-order valence-electron chi connectivity index (χ1n) is 8.70. The number of anilines is 1. The molecule has 31 heavy (non-hydrogen) atoms. The van der Waals surface area contributed by atoms with Crippen LogP contribution in [-0.2, 0) is 9.53 Å². The van der Waals surface area contributed by atoms with Crippen LogP contribution in [0, 0.1) is 0 Å². The topological polar surface area (TPSA) is 115 Å². The van der Waals surface area contributed by atoms with E-state index in [1.165, 1.54) is 30.3 Å². The van der Waals surface area contributed by atoms with Gasteiger partial charge in [0.05, 0.1) is 22.7 Å². The molecule has 3 aromatic rings. The van der Waals surface area contributed by atoms with Crippen molar-refractivity contribution in [2.45, 2.75) is 0 Å². The molecule has 2 aromatic carbocycles. The van der Waals surface area contributed by atoms with Crippen LogP contribution in [0.4, 0.5) is 5.69 Å². The fourth-order valence-electron chi connectivity index (χ4n) is 2.57. The minimum Gasteiger partial charge on any atom is -0.489 e. The lowest BCUT2D eigenvalue weighted by Gasteiger charge is -2.13. The van der Waals surface area contributed by atoms with E-state index >= 15 is 0 Å². The second-order valence-electron chi connectivity index (χ2n) is 6.13. The number of halogens is 3. The van der Waals surface area contributed by atoms with Gasteiger partial charge in [0.25, 0.3) is 5.91 Å². The molecule has 0 radical (unpaired) electrons. The predicted octanol–water partition coefficient (Wildman–Crippen LogP) is 4.49. The molecule has 0 spiro atoms. The van der Waals surface area contributed by atoms with E-state index in [4.69, 9.17) is 53.8 Å². The maximum absolute atomic E-state index is 12.7. The number of benzene rings is 2. The van der Waals surface area contributed by atoms with Gasteiger partial charge in [-0.2, -0.15) is 0 Å². The first-order valence-corrected chi connectivity index (χ1v) is 9.84. The lowest BCUT2D eigenvalue weighted by atomic mass is 10.2. The van der Waals surface area contributed by atoms with Crippen LogP contribution >= 0.6 is 34.8 Å². The van der Waals surface area contributed by atoms with Gasteiger partial charge in [-0.15, -0.1) is 0 Å². The summed E-state index contributed by atoms with van der Waals surface area (Å²) in [5.74, 6) is -1.88. The van der Waals surface area contributed by atoms with Gasteiger partial charge in [0.1, 0.15) is 19.0 Å². The van der Waals surface area contributed by atoms with Crippen LogP contribution in [0.15, 0.2) is 45.6 Å². The maximum Gasteiger partial charge on any atom is 0.329 e. The van der Waals surface area contributed by atoms with Crippen molar-refractivity contribution in [2.75, 3.05) is 25.1 Å². The van der Waals surface area contributed by atoms with E-state index < -0.39 is 23.9 Å². The molecule has 0 fully saturated rings. The SMILES string of the molecule is O=C(O)COCCOc1cc(Cl)ccc1NC(=O)c1cc(=O)c2cc(Cl)cc(Cl)c2o1. The number of amides is 1. The van der Waals surface area contributed by atoms with Gasteiger partial charge in [-0.3, -0.25) is 9.59 Å². The van der Waals surface area contributed by atoms with Crippen molar-refractivity contribution in [1.82, 2.24) is 0 Å². The highest BCUT2D eigenvalue weighted by Crippen LogP contribution is 2.30. The van der Waals surface area contributed by atoms with Crippen LogP contribution in [0.5, 0.6) is 5.75 Å². The number of carboxylic acid groups (broad SMARTS) is 1. The lowest BCUT2D eigenvalue weighted by molar-refractivity contribution is -0.142. The summed E-state index contributed by atoms with van der Waals surface area (Å²) in [4.78, 5) is 35.5. The van der Waals surface area contributed by atoms with Crippen molar-refractivity contribution in [3.05, 3.63) is 67.4 Å². The predicted molar refractivity (Wildman–Crippen MR) is 116 cm³/mol. The van der Waals surface area contributed by atoms with Gasteiger partial charge in [-0.05, 0) is 24.3 Å². The van der Waals surface area contributed by atoms with Crippen LogP contribution in [0.1, 0.15) is 10.6 Å². The Morgan fingerprint density at radius 1 is 1.03 bits per heavy atom. The molecular formula is C20H14Cl3NO7. The Labute approximate surface area is 190 Å². The number of aliphatic carboxylic acids is 1. The summed E-state index contributed by atoms with van der Waals surface area (Å²) in [6.45, 7) is -0.442. The number of hydrogen-bond acceptors (Lipinski definition) is 6. The Kier molecular flexibility index (Phi) is 7.40. The van der Waals surface area contributed by atoms with E-state index in [0.29, 0.717) is 5.02 Å². The molecule has 0 aliphatic carbocycles. The number of carbonyl (C=O) groups is 2. The molecule has 162 valence electrons. The molecule has 11 heteroatoms. The molecule has 0 bridgehead atoms. The zero-order chi connectivity index (χ0) is 22.5. The van der Waals surface area contributed by atoms with Gasteiger partial charge in [0.15, 0.2) is 16.8 Å². The maximum atomic E-state index is 12.7. The van der Waals surface area contributed by atoms with Crippen LogP contribution < -0.4 is 15.5 Å². The van der Waals surface area contributed by atoms with Crippen LogP contribution in [0.25, 0.3) is 11.0 Å². The van der Waals surface area contributed by atoms with Gasteiger partial charge >= 0.3 is 5.97 Å². The third-order valence-corrected chi connectivity index (χ3v) is 4.61. The van der Waals surface area contributed by atoms with Crippen molar-refractivity contribution < 1.29 is 28.6 Å². The van der Waals surface area contributed by atoms with Crippen molar-refractivity contribution in [3.8, 4) is 5.75 Å². The third-order valence-electron chi connectivity index (χ3n) is 3.87. The van der Waals surface area contributed by atoms with E-state index in [1.807, 2.05) is 0 Å². The van der Waals surface area contributed by atoms with Gasteiger partial charge in [-0.1, -0.05) is 34.8 Å². The standard InChI is InChI=1S/C20H14Cl3NO7/c21-10-1-2-14(16(7-10)30-4-3-29-9-18(26)27)24-20(28)17-8-15(25)12-5-11(22)6-13(23)19(12)31-17/h1-2,5-8H,3-4,9H2,(H,24,28)(H,26,27). The monoisotopic (exact) mass is 485 g/mol. The molecule has 2 N–H and O–H groups in total. The fraction of sp³-hybridized carbons (Fsp3) is 0.150. The van der Waals surface area contributed by atoms with Gasteiger partial charge in [0.2, 0.25) is 0 Å². The molecule has 3 rings (SSSR count). The van der Waals surface area contributed by atoms with Gasteiger partial charge in [-0.25, -0.2) is 4.79 Å². The minimum atomic E-state index is -1.10. The summed E-state index contributed by atoms with van der Waals surface area (Å²) in [7, 11) is 0. The average Bonchev–Trinajstić information content (AvgIpc) is 2.70. The summed E-state index contributed by atoms with van der Waals surface area (Å²) in [5, 5.41) is 12.0. The Hall–Kier alpha value is -2.78. The first kappa shape index (κ1) is 22.9. The smallest absolute Gasteiger partial charge is 0.329 e. The number of carboxylic acids is 1. The van der Waals surface area contributed by atoms with Crippen LogP contribution in [-0.4, -0.2) is 36.8 Å². The number of hydrogen-bond donors (Lipinski definition) is 2. The lowest BCUT2D eigenvalue weighted by Crippen LogP contribution is -2.17. The Balaban J connectivity index is 1.80. The Bertz CT molecular complexity index is 1210. The summed E-state index contributed by atoms with van der Waals surface area (Å²) in [6, 6.07) is 8.31. The normalized spacial score (nSPS) is 10.8. The van der Waals surface area contributed by atoms with Gasteiger partial charge in [0, 0.05) is 22.2 Å². The molecule has 1 amide bonds. The highest BCUT2D eigenvalue weighted by Gasteiger charge is 2.17. The highest BCUT2D eigenvalue weighted by molar-refractivity contribution is 6.38. The molecular weight excluding hydrogens is 473 g/mol. The molecule has 0 saturated heterocycles. The molecule has 0 aliphatic rings. The number of rotatable bonds is 8. The molecule has 1 aromatic heterocycles. The summed E-state index contributed by atoms with van der Waals surface area (Å²) < 4.78 is 15.9. The summed E-state index contributed by atoms with van der Waals surface area (Å²) in [5.41, 5.74) is -0.205. The number of carbonyl (C=O) groups excluding carboxylic acids is 1. The summed E-state index contributed by atoms with van der Waals surface area (Å²) in [6.07, 6.45) is 0. The second kappa shape index (κ2) is 10.0. The zero-order valence-corrected chi connectivity index (χ0v) is 17.9. The quantitative estimate of drug-likeness (QED) is 0.451. The molecule has 1 heterocycles. The number of fused-ring (bicyclic) bond motifs is 1. The third kappa shape index (κ3) is 5.89. The van der Waals surface area contributed by atoms with E-state index in [2.05, 4.69) is 5.32 Å². The van der Waals surface area contributed by atoms with Crippen molar-refractivity contribution in [2.24, 2.45) is 0 Å². The van der Waals surface area contributed by atoms with Crippen molar-refractivity contribution in [1.29, 1.82) is 0 Å². The molecule has 0 atom stereocenters. The minimum absolute atomic E-state index is 0.00675. The van der Waals surface area contributed by atoms with Crippen LogP contribution in [0.3, 0.4) is 0 Å². The Morgan fingerprint density at radius 3 is 2.55 bits per heavy atom. The number of ether oxygens (including phenoxy) is 2. The number of nitrogens with one attached hydrogen (secondary N) is 1. The van der Waals surface area contributed by atoms with E-state index in [0.717, 1.165) is 6.07 Å². The summed E-state index contributed by atoms with van der Waals surface area (Å²) >= 11 is 18.0. The molecule has 0 saturated carbocycles. The molecule has 0 unspecified atom stereocenters. The van der Waals surface area contributed by atoms with E-state index in [9.17, 15) is 14.4 Å². The van der Waals surface area contributed by atoms with Crippen molar-refractivity contribution in [3.63, 3.8) is 0 Å². The van der Waals surface area contributed by atoms with Crippen LogP contribution in [0.2, 0.25) is 15.1 Å². The Morgan fingerprint density at radius 2 is 1.81 bits per heavy atom. The average molecular weight is 487 g/mol. The van der Waals surface area contributed by atoms with Gasteiger partial charge < -0.3 is 24.3 Å². The second-order valence-corrected chi connectivity index (χ2v) is 7.41. The van der Waals surface area contributed by atoms with Crippen molar-refractivity contribution >= 4 is 63.3 Å². The largest absolute Gasteiger partial charge is 0.489 e. The molecule has 8 nitrogen and oxygen atoms in total. The van der Waals surface area contributed by atoms with E-state index in [-0.39, 0.29) is 51.4 Å².